The molecule has 0 bridgehead atoms. The van der Waals surface area contributed by atoms with E-state index in [-0.39, 0.29) is 49.7 Å². The quantitative estimate of drug-likeness (QED) is 0.642. The van der Waals surface area contributed by atoms with Crippen LogP contribution in [-0.2, 0) is 20.8 Å². The van der Waals surface area contributed by atoms with Gasteiger partial charge in [0, 0.05) is 19.0 Å². The summed E-state index contributed by atoms with van der Waals surface area (Å²) in [6, 6.07) is 14.0. The summed E-state index contributed by atoms with van der Waals surface area (Å²) in [5.41, 5.74) is 0.931. The molecule has 0 aliphatic heterocycles. The minimum atomic E-state index is -0.290. The number of amides is 3. The second kappa shape index (κ2) is 10.6. The molecular formula is C23H29N3O3. The zero-order valence-corrected chi connectivity index (χ0v) is 16.7. The van der Waals surface area contributed by atoms with Crippen LogP contribution in [0.5, 0.6) is 0 Å². The molecule has 0 radical (unpaired) electrons. The lowest BCUT2D eigenvalue weighted by molar-refractivity contribution is -0.126. The van der Waals surface area contributed by atoms with Gasteiger partial charge in [0.25, 0.3) is 0 Å². The highest BCUT2D eigenvalue weighted by Crippen LogP contribution is 2.19. The van der Waals surface area contributed by atoms with Crippen LogP contribution < -0.4 is 16.0 Å². The maximum absolute atomic E-state index is 12.2. The lowest BCUT2D eigenvalue weighted by Gasteiger charge is -2.22. The van der Waals surface area contributed by atoms with E-state index < -0.39 is 0 Å². The van der Waals surface area contributed by atoms with Crippen LogP contribution in [0.3, 0.4) is 0 Å². The molecule has 0 aromatic heterocycles. The Bertz CT molecular complexity index is 854. The fraction of sp³-hybridized carbons (Fsp3) is 0.435. The van der Waals surface area contributed by atoms with Crippen molar-refractivity contribution < 1.29 is 14.4 Å². The van der Waals surface area contributed by atoms with Crippen molar-refractivity contribution in [3.05, 3.63) is 48.0 Å². The van der Waals surface area contributed by atoms with Crippen LogP contribution in [0, 0.1) is 0 Å². The molecule has 3 N–H and O–H groups in total. The van der Waals surface area contributed by atoms with Gasteiger partial charge in [-0.05, 0) is 29.2 Å². The van der Waals surface area contributed by atoms with E-state index in [0.717, 1.165) is 29.2 Å². The average molecular weight is 396 g/mol. The Morgan fingerprint density at radius 3 is 2.41 bits per heavy atom. The summed E-state index contributed by atoms with van der Waals surface area (Å²) in [6.07, 6.45) is 6.14. The first-order chi connectivity index (χ1) is 14.1. The van der Waals surface area contributed by atoms with Gasteiger partial charge in [-0.2, -0.15) is 0 Å². The number of carbonyl (C=O) groups excluding carboxylic acids is 3. The van der Waals surface area contributed by atoms with Crippen molar-refractivity contribution in [1.29, 1.82) is 0 Å². The Hall–Kier alpha value is -2.89. The Morgan fingerprint density at radius 1 is 0.828 bits per heavy atom. The highest BCUT2D eigenvalue weighted by molar-refractivity contribution is 5.91. The van der Waals surface area contributed by atoms with E-state index in [9.17, 15) is 14.4 Å². The second-order valence-electron chi connectivity index (χ2n) is 7.59. The van der Waals surface area contributed by atoms with E-state index >= 15 is 0 Å². The lowest BCUT2D eigenvalue weighted by atomic mass is 9.95. The SMILES string of the molecule is O=C(CNC(=O)Cc1cccc2ccccc12)NCCC(=O)NC1CCCCC1. The molecule has 154 valence electrons. The van der Waals surface area contributed by atoms with E-state index in [1.165, 1.54) is 19.3 Å². The topological polar surface area (TPSA) is 87.3 Å². The number of carbonyl (C=O) groups is 3. The summed E-state index contributed by atoms with van der Waals surface area (Å²) in [5.74, 6) is -0.523. The van der Waals surface area contributed by atoms with Crippen molar-refractivity contribution in [2.45, 2.75) is 51.0 Å². The van der Waals surface area contributed by atoms with Gasteiger partial charge in [0.05, 0.1) is 13.0 Å². The third kappa shape index (κ3) is 6.59. The van der Waals surface area contributed by atoms with E-state index in [1.807, 2.05) is 42.5 Å². The molecule has 0 unspecified atom stereocenters. The van der Waals surface area contributed by atoms with Gasteiger partial charge in [0.15, 0.2) is 0 Å². The molecule has 6 heteroatoms. The third-order valence-electron chi connectivity index (χ3n) is 5.32. The molecule has 3 rings (SSSR count). The number of nitrogens with one attached hydrogen (secondary N) is 3. The standard InChI is InChI=1S/C23H29N3O3/c27-21(26-19-10-2-1-3-11-19)13-14-24-23(29)16-25-22(28)15-18-9-6-8-17-7-4-5-12-20(17)18/h4-9,12,19H,1-3,10-11,13-16H2,(H,24,29)(H,25,28)(H,26,27). The minimum absolute atomic E-state index is 0.0304. The van der Waals surface area contributed by atoms with Gasteiger partial charge in [-0.15, -0.1) is 0 Å². The number of hydrogen-bond acceptors (Lipinski definition) is 3. The van der Waals surface area contributed by atoms with Crippen LogP contribution >= 0.6 is 0 Å². The van der Waals surface area contributed by atoms with Crippen LogP contribution in [-0.4, -0.2) is 36.9 Å². The molecule has 6 nitrogen and oxygen atoms in total. The Kier molecular flexibility index (Phi) is 7.61. The number of fused-ring (bicyclic) bond motifs is 1. The zero-order chi connectivity index (χ0) is 20.5. The van der Waals surface area contributed by atoms with Gasteiger partial charge in [0.1, 0.15) is 0 Å². The molecule has 0 heterocycles. The fourth-order valence-corrected chi connectivity index (χ4v) is 3.79. The van der Waals surface area contributed by atoms with E-state index in [4.69, 9.17) is 0 Å². The molecular weight excluding hydrogens is 366 g/mol. The highest BCUT2D eigenvalue weighted by atomic mass is 16.2. The van der Waals surface area contributed by atoms with Crippen molar-refractivity contribution in [2.75, 3.05) is 13.1 Å². The van der Waals surface area contributed by atoms with Crippen LogP contribution in [0.2, 0.25) is 0 Å². The fourth-order valence-electron chi connectivity index (χ4n) is 3.79. The third-order valence-corrected chi connectivity index (χ3v) is 5.32. The first kappa shape index (κ1) is 20.8. The summed E-state index contributed by atoms with van der Waals surface area (Å²) in [6.45, 7) is 0.185. The normalized spacial score (nSPS) is 14.3. The molecule has 29 heavy (non-hydrogen) atoms. The van der Waals surface area contributed by atoms with Gasteiger partial charge in [0.2, 0.25) is 17.7 Å². The molecule has 1 aliphatic rings. The molecule has 0 spiro atoms. The number of rotatable bonds is 8. The predicted molar refractivity (Wildman–Crippen MR) is 113 cm³/mol. The van der Waals surface area contributed by atoms with Gasteiger partial charge < -0.3 is 16.0 Å². The van der Waals surface area contributed by atoms with E-state index in [0.29, 0.717) is 0 Å². The smallest absolute Gasteiger partial charge is 0.239 e. The van der Waals surface area contributed by atoms with Crippen LogP contribution in [0.4, 0.5) is 0 Å². The molecule has 0 atom stereocenters. The largest absolute Gasteiger partial charge is 0.354 e. The number of benzene rings is 2. The number of hydrogen-bond donors (Lipinski definition) is 3. The molecule has 2 aromatic rings. The minimum Gasteiger partial charge on any atom is -0.354 e. The van der Waals surface area contributed by atoms with E-state index in [2.05, 4.69) is 16.0 Å². The summed E-state index contributed by atoms with van der Waals surface area (Å²) in [7, 11) is 0. The Balaban J connectivity index is 1.34. The van der Waals surface area contributed by atoms with Crippen molar-refractivity contribution in [3.8, 4) is 0 Å². The Morgan fingerprint density at radius 2 is 1.59 bits per heavy atom. The van der Waals surface area contributed by atoms with Crippen LogP contribution in [0.25, 0.3) is 10.8 Å². The molecule has 2 aromatic carbocycles. The van der Waals surface area contributed by atoms with Gasteiger partial charge in [-0.3, -0.25) is 14.4 Å². The van der Waals surface area contributed by atoms with Gasteiger partial charge in [-0.25, -0.2) is 0 Å². The highest BCUT2D eigenvalue weighted by Gasteiger charge is 2.15. The molecule has 1 fully saturated rings. The zero-order valence-electron chi connectivity index (χ0n) is 16.7. The predicted octanol–water partition coefficient (Wildman–Crippen LogP) is 2.45. The molecule has 1 aliphatic carbocycles. The molecule has 1 saturated carbocycles. The average Bonchev–Trinajstić information content (AvgIpc) is 2.73. The van der Waals surface area contributed by atoms with Gasteiger partial charge in [-0.1, -0.05) is 61.7 Å². The second-order valence-corrected chi connectivity index (χ2v) is 7.59. The van der Waals surface area contributed by atoms with Crippen LogP contribution in [0.15, 0.2) is 42.5 Å². The molecule has 3 amide bonds. The summed E-state index contributed by atoms with van der Waals surface area (Å²) >= 11 is 0. The van der Waals surface area contributed by atoms with Gasteiger partial charge >= 0.3 is 0 Å². The maximum atomic E-state index is 12.2. The van der Waals surface area contributed by atoms with Crippen molar-refractivity contribution in [1.82, 2.24) is 16.0 Å². The first-order valence-electron chi connectivity index (χ1n) is 10.4. The maximum Gasteiger partial charge on any atom is 0.239 e. The Labute approximate surface area is 171 Å². The summed E-state index contributed by atoms with van der Waals surface area (Å²) in [5, 5.41) is 10.5. The summed E-state index contributed by atoms with van der Waals surface area (Å²) < 4.78 is 0. The lowest BCUT2D eigenvalue weighted by Crippen LogP contribution is -2.40. The monoisotopic (exact) mass is 395 g/mol. The van der Waals surface area contributed by atoms with E-state index in [1.54, 1.807) is 0 Å². The van der Waals surface area contributed by atoms with Crippen molar-refractivity contribution >= 4 is 28.5 Å². The molecule has 0 saturated heterocycles. The van der Waals surface area contributed by atoms with Crippen LogP contribution in [0.1, 0.15) is 44.1 Å². The first-order valence-corrected chi connectivity index (χ1v) is 10.4. The summed E-state index contributed by atoms with van der Waals surface area (Å²) in [4.78, 5) is 36.1. The van der Waals surface area contributed by atoms with Crippen molar-refractivity contribution in [3.63, 3.8) is 0 Å². The van der Waals surface area contributed by atoms with Crippen molar-refractivity contribution in [2.24, 2.45) is 0 Å².